The van der Waals surface area contributed by atoms with Crippen molar-refractivity contribution in [3.8, 4) is 17.9 Å². The van der Waals surface area contributed by atoms with Gasteiger partial charge in [-0.25, -0.2) is 0 Å². The van der Waals surface area contributed by atoms with E-state index in [-0.39, 0.29) is 0 Å². The van der Waals surface area contributed by atoms with Crippen molar-refractivity contribution in [3.05, 3.63) is 34.9 Å². The van der Waals surface area contributed by atoms with Crippen LogP contribution in [0.2, 0.25) is 0 Å². The summed E-state index contributed by atoms with van der Waals surface area (Å²) in [5, 5.41) is 8.82. The van der Waals surface area contributed by atoms with E-state index in [0.29, 0.717) is 17.9 Å². The second-order valence-electron chi connectivity index (χ2n) is 2.90. The number of halogens is 1. The summed E-state index contributed by atoms with van der Waals surface area (Å²) in [6, 6.07) is 7.73. The first-order chi connectivity index (χ1) is 6.77. The molecule has 0 aromatic heterocycles. The number of nitrogens with zero attached hydrogens (tertiary/aromatic N) is 1. The van der Waals surface area contributed by atoms with Crippen LogP contribution in [0.25, 0.3) is 0 Å². The highest BCUT2D eigenvalue weighted by atomic mass is 35.5. The van der Waals surface area contributed by atoms with Gasteiger partial charge >= 0.3 is 0 Å². The highest BCUT2D eigenvalue weighted by Crippen LogP contribution is 2.09. The quantitative estimate of drug-likeness (QED) is 0.509. The number of hydrogen-bond acceptors (Lipinski definition) is 1. The molecule has 0 unspecified atom stereocenters. The molecule has 0 radical (unpaired) electrons. The largest absolute Gasteiger partial charge is 0.192 e. The van der Waals surface area contributed by atoms with Crippen LogP contribution in [0.4, 0.5) is 0 Å². The van der Waals surface area contributed by atoms with E-state index >= 15 is 0 Å². The zero-order valence-corrected chi connectivity index (χ0v) is 8.73. The molecule has 1 nitrogen and oxygen atoms in total. The minimum absolute atomic E-state index is 0.528. The van der Waals surface area contributed by atoms with Gasteiger partial charge in [0.2, 0.25) is 0 Å². The van der Waals surface area contributed by atoms with Crippen molar-refractivity contribution in [3.63, 3.8) is 0 Å². The molecule has 2 heteroatoms. The first kappa shape index (κ1) is 10.6. The van der Waals surface area contributed by atoms with E-state index in [9.17, 15) is 0 Å². The van der Waals surface area contributed by atoms with E-state index in [0.717, 1.165) is 11.1 Å². The molecule has 0 saturated heterocycles. The lowest BCUT2D eigenvalue weighted by molar-refractivity contribution is 1.29. The molecular formula is C12H10ClN. The molecule has 0 amide bonds. The lowest BCUT2D eigenvalue weighted by Gasteiger charge is -1.96. The number of alkyl halides is 1. The van der Waals surface area contributed by atoms with Gasteiger partial charge < -0.3 is 0 Å². The second-order valence-corrected chi connectivity index (χ2v) is 3.28. The van der Waals surface area contributed by atoms with Crippen molar-refractivity contribution in [2.75, 3.05) is 5.88 Å². The van der Waals surface area contributed by atoms with Crippen LogP contribution in [0.1, 0.15) is 23.1 Å². The van der Waals surface area contributed by atoms with E-state index in [1.165, 1.54) is 0 Å². The number of aryl methyl sites for hydroxylation is 1. The Morgan fingerprint density at radius 2 is 2.14 bits per heavy atom. The third-order valence-corrected chi connectivity index (χ3v) is 1.93. The van der Waals surface area contributed by atoms with E-state index < -0.39 is 0 Å². The van der Waals surface area contributed by atoms with E-state index in [1.807, 2.05) is 19.1 Å². The lowest BCUT2D eigenvalue weighted by atomic mass is 10.1. The van der Waals surface area contributed by atoms with Gasteiger partial charge in [-0.1, -0.05) is 17.9 Å². The fourth-order valence-corrected chi connectivity index (χ4v) is 1.16. The minimum atomic E-state index is 0.528. The maximum absolute atomic E-state index is 8.82. The predicted octanol–water partition coefficient (Wildman–Crippen LogP) is 2.85. The fourth-order valence-electron chi connectivity index (χ4n) is 1.06. The molecule has 0 saturated carbocycles. The van der Waals surface area contributed by atoms with Gasteiger partial charge in [0.25, 0.3) is 0 Å². The molecule has 0 atom stereocenters. The summed E-state index contributed by atoms with van der Waals surface area (Å²) in [7, 11) is 0. The molecule has 70 valence electrons. The van der Waals surface area contributed by atoms with Crippen molar-refractivity contribution in [1.29, 1.82) is 5.26 Å². The molecule has 1 aromatic rings. The van der Waals surface area contributed by atoms with Crippen molar-refractivity contribution in [2.45, 2.75) is 13.3 Å². The van der Waals surface area contributed by atoms with Crippen LogP contribution < -0.4 is 0 Å². The highest BCUT2D eigenvalue weighted by molar-refractivity contribution is 6.18. The average molecular weight is 204 g/mol. The van der Waals surface area contributed by atoms with Gasteiger partial charge in [-0.05, 0) is 24.6 Å². The molecule has 0 spiro atoms. The van der Waals surface area contributed by atoms with Crippen LogP contribution in [0.5, 0.6) is 0 Å². The second kappa shape index (κ2) is 5.32. The summed E-state index contributed by atoms with van der Waals surface area (Å²) >= 11 is 5.51. The number of hydrogen-bond donors (Lipinski definition) is 0. The Bertz CT molecular complexity index is 418. The van der Waals surface area contributed by atoms with Crippen LogP contribution in [-0.2, 0) is 0 Å². The number of nitriles is 1. The Labute approximate surface area is 89.3 Å². The summed E-state index contributed by atoms with van der Waals surface area (Å²) in [4.78, 5) is 0. The van der Waals surface area contributed by atoms with Crippen LogP contribution in [-0.4, -0.2) is 5.88 Å². The molecular weight excluding hydrogens is 194 g/mol. The standard InChI is InChI=1S/C12H10ClN/c1-10-5-6-12(9-14)11(8-10)4-2-3-7-13/h5-6,8H,3,7H2,1H3. The normalized spacial score (nSPS) is 8.64. The summed E-state index contributed by atoms with van der Waals surface area (Å²) in [5.74, 6) is 6.40. The Kier molecular flexibility index (Phi) is 4.05. The zero-order chi connectivity index (χ0) is 10.4. The van der Waals surface area contributed by atoms with Gasteiger partial charge in [-0.3, -0.25) is 0 Å². The van der Waals surface area contributed by atoms with Crippen molar-refractivity contribution >= 4 is 11.6 Å². The SMILES string of the molecule is Cc1ccc(C#N)c(C#CCCCl)c1. The van der Waals surface area contributed by atoms with Crippen LogP contribution in [0.3, 0.4) is 0 Å². The topological polar surface area (TPSA) is 23.8 Å². The molecule has 1 aromatic carbocycles. The minimum Gasteiger partial charge on any atom is -0.192 e. The lowest BCUT2D eigenvalue weighted by Crippen LogP contribution is -1.84. The first-order valence-corrected chi connectivity index (χ1v) is 4.87. The molecule has 14 heavy (non-hydrogen) atoms. The number of benzene rings is 1. The molecule has 0 aliphatic heterocycles. The molecule has 0 aliphatic carbocycles. The maximum Gasteiger partial charge on any atom is 0.100 e. The molecule has 1 rings (SSSR count). The zero-order valence-electron chi connectivity index (χ0n) is 7.97. The van der Waals surface area contributed by atoms with Gasteiger partial charge in [0.1, 0.15) is 6.07 Å². The fraction of sp³-hybridized carbons (Fsp3) is 0.250. The first-order valence-electron chi connectivity index (χ1n) is 4.33. The Balaban J connectivity index is 3.02. The monoisotopic (exact) mass is 203 g/mol. The Morgan fingerprint density at radius 3 is 2.79 bits per heavy atom. The van der Waals surface area contributed by atoms with Crippen LogP contribution in [0.15, 0.2) is 18.2 Å². The highest BCUT2D eigenvalue weighted by Gasteiger charge is 1.97. The molecule has 0 aliphatic rings. The Morgan fingerprint density at radius 1 is 1.36 bits per heavy atom. The molecule has 0 fully saturated rings. The van der Waals surface area contributed by atoms with Crippen LogP contribution in [0, 0.1) is 30.1 Å². The summed E-state index contributed by atoms with van der Waals surface area (Å²) in [5.41, 5.74) is 2.52. The molecule has 0 heterocycles. The van der Waals surface area contributed by atoms with Crippen molar-refractivity contribution in [2.24, 2.45) is 0 Å². The van der Waals surface area contributed by atoms with Crippen molar-refractivity contribution < 1.29 is 0 Å². The summed E-state index contributed by atoms with van der Waals surface area (Å²) < 4.78 is 0. The van der Waals surface area contributed by atoms with E-state index in [2.05, 4.69) is 17.9 Å². The van der Waals surface area contributed by atoms with Gasteiger partial charge in [0, 0.05) is 17.9 Å². The van der Waals surface area contributed by atoms with Gasteiger partial charge in [-0.2, -0.15) is 5.26 Å². The summed E-state index contributed by atoms with van der Waals surface area (Å²) in [6.45, 7) is 1.98. The Hall–Kier alpha value is -1.44. The van der Waals surface area contributed by atoms with Gasteiger partial charge in [0.05, 0.1) is 5.56 Å². The molecule has 0 bridgehead atoms. The van der Waals surface area contributed by atoms with E-state index in [4.69, 9.17) is 16.9 Å². The molecule has 0 N–H and O–H groups in total. The summed E-state index contributed by atoms with van der Waals surface area (Å²) in [6.07, 6.45) is 0.653. The van der Waals surface area contributed by atoms with Gasteiger partial charge in [-0.15, -0.1) is 11.6 Å². The van der Waals surface area contributed by atoms with Crippen molar-refractivity contribution in [1.82, 2.24) is 0 Å². The smallest absolute Gasteiger partial charge is 0.100 e. The third-order valence-electron chi connectivity index (χ3n) is 1.74. The predicted molar refractivity (Wildman–Crippen MR) is 58.1 cm³/mol. The number of rotatable bonds is 1. The van der Waals surface area contributed by atoms with Gasteiger partial charge in [0.15, 0.2) is 0 Å². The average Bonchev–Trinajstić information content (AvgIpc) is 2.19. The van der Waals surface area contributed by atoms with E-state index in [1.54, 1.807) is 6.07 Å². The third kappa shape index (κ3) is 2.80. The van der Waals surface area contributed by atoms with Crippen LogP contribution >= 0.6 is 11.6 Å². The maximum atomic E-state index is 8.82.